The van der Waals surface area contributed by atoms with Crippen LogP contribution in [0.1, 0.15) is 117 Å². The highest BCUT2D eigenvalue weighted by Crippen LogP contribution is 2.33. The van der Waals surface area contributed by atoms with Gasteiger partial charge in [0.1, 0.15) is 73.2 Å². The first kappa shape index (κ1) is 64.3. The molecule has 0 aromatic heterocycles. The van der Waals surface area contributed by atoms with Crippen molar-refractivity contribution in [2.24, 2.45) is 0 Å². The third kappa shape index (κ3) is 23.0. The lowest BCUT2D eigenvalue weighted by atomic mass is 9.96. The van der Waals surface area contributed by atoms with Gasteiger partial charge in [-0.15, -0.1) is 0 Å². The zero-order chi connectivity index (χ0) is 53.4. The fourth-order valence-corrected chi connectivity index (χ4v) is 8.30. The first-order valence-corrected chi connectivity index (χ1v) is 26.3. The van der Waals surface area contributed by atoms with Crippen LogP contribution in [0.3, 0.4) is 0 Å². The number of nitrogens with one attached hydrogen (secondary N) is 1. The van der Waals surface area contributed by atoms with Gasteiger partial charge < -0.3 is 89.9 Å². The molecule has 17 atom stereocenters. The third-order valence-electron chi connectivity index (χ3n) is 12.7. The lowest BCUT2D eigenvalue weighted by Crippen LogP contribution is -2.66. The maximum absolute atomic E-state index is 13.2. The van der Waals surface area contributed by atoms with Crippen LogP contribution in [0.4, 0.5) is 0 Å². The molecule has 3 heterocycles. The summed E-state index contributed by atoms with van der Waals surface area (Å²) in [6.45, 7) is 1.39. The summed E-state index contributed by atoms with van der Waals surface area (Å²) < 4.78 is 34.0. The van der Waals surface area contributed by atoms with Crippen LogP contribution in [0.25, 0.3) is 0 Å². The Morgan fingerprint density at radius 1 is 0.507 bits per heavy atom. The molecule has 3 aliphatic rings. The molecule has 12 N–H and O–H groups in total. The number of rotatable bonds is 35. The molecule has 3 rings (SSSR count). The van der Waals surface area contributed by atoms with Crippen molar-refractivity contribution in [3.05, 3.63) is 85.1 Å². The van der Waals surface area contributed by atoms with Crippen molar-refractivity contribution in [2.75, 3.05) is 26.4 Å². The van der Waals surface area contributed by atoms with E-state index >= 15 is 0 Å². The first-order valence-electron chi connectivity index (χ1n) is 26.3. The number of amides is 1. The summed E-state index contributed by atoms with van der Waals surface area (Å²) in [5.41, 5.74) is 0. The second kappa shape index (κ2) is 37.7. The van der Waals surface area contributed by atoms with Crippen molar-refractivity contribution in [3.63, 3.8) is 0 Å². The summed E-state index contributed by atoms with van der Waals surface area (Å²) in [5, 5.41) is 119. The highest BCUT2D eigenvalue weighted by atomic mass is 16.8. The maximum atomic E-state index is 13.2. The van der Waals surface area contributed by atoms with Crippen molar-refractivity contribution < 1.29 is 89.4 Å². The minimum atomic E-state index is -1.98. The first-order chi connectivity index (χ1) is 35.3. The van der Waals surface area contributed by atoms with Crippen LogP contribution in [-0.4, -0.2) is 193 Å². The number of carbonyl (C=O) groups is 1. The number of aliphatic hydroxyl groups is 11. The van der Waals surface area contributed by atoms with Crippen LogP contribution in [0.2, 0.25) is 0 Å². The number of aliphatic hydroxyl groups excluding tert-OH is 11. The van der Waals surface area contributed by atoms with E-state index < -0.39 is 124 Å². The van der Waals surface area contributed by atoms with E-state index in [-0.39, 0.29) is 18.9 Å². The summed E-state index contributed by atoms with van der Waals surface area (Å²) in [5.74, 6) is -0.315. The summed E-state index contributed by atoms with van der Waals surface area (Å²) in [6, 6.07) is -1.00. The molecule has 19 heteroatoms. The van der Waals surface area contributed by atoms with Gasteiger partial charge in [0.15, 0.2) is 18.9 Å². The highest BCUT2D eigenvalue weighted by molar-refractivity contribution is 5.76. The molecule has 0 bridgehead atoms. The average molecular weight is 1040 g/mol. The number of ether oxygens (including phenoxy) is 6. The van der Waals surface area contributed by atoms with E-state index in [9.17, 15) is 61.0 Å². The maximum Gasteiger partial charge on any atom is 0.220 e. The smallest absolute Gasteiger partial charge is 0.220 e. The van der Waals surface area contributed by atoms with Gasteiger partial charge in [0.25, 0.3) is 0 Å². The van der Waals surface area contributed by atoms with Crippen LogP contribution >= 0.6 is 0 Å². The van der Waals surface area contributed by atoms with E-state index in [0.29, 0.717) is 12.8 Å². The Hall–Kier alpha value is -3.03. The van der Waals surface area contributed by atoms with Crippen molar-refractivity contribution >= 4 is 5.91 Å². The quantitative estimate of drug-likeness (QED) is 0.0321. The molecule has 0 aliphatic carbocycles. The zero-order valence-electron chi connectivity index (χ0n) is 42.8. The molecule has 73 heavy (non-hydrogen) atoms. The molecule has 1 amide bonds. The van der Waals surface area contributed by atoms with E-state index in [0.717, 1.165) is 83.5 Å². The Bertz CT molecular complexity index is 1670. The number of allylic oxidation sites excluding steroid dienone is 13. The largest absolute Gasteiger partial charge is 0.394 e. The molecular weight excluding hydrogens is 951 g/mol. The highest BCUT2D eigenvalue weighted by Gasteiger charge is 2.53. The van der Waals surface area contributed by atoms with Gasteiger partial charge in [-0.1, -0.05) is 125 Å². The van der Waals surface area contributed by atoms with Gasteiger partial charge in [-0.2, -0.15) is 0 Å². The topological polar surface area (TPSA) is 307 Å². The zero-order valence-corrected chi connectivity index (χ0v) is 42.8. The van der Waals surface area contributed by atoms with Crippen molar-refractivity contribution in [2.45, 2.75) is 221 Å². The molecule has 418 valence electrons. The predicted molar refractivity (Wildman–Crippen MR) is 272 cm³/mol. The minimum Gasteiger partial charge on any atom is -0.394 e. The Labute approximate surface area is 431 Å². The molecule has 0 aromatic carbocycles. The van der Waals surface area contributed by atoms with Crippen LogP contribution in [0.5, 0.6) is 0 Å². The monoisotopic (exact) mass is 1040 g/mol. The normalized spacial score (nSPS) is 32.4. The predicted octanol–water partition coefficient (Wildman–Crippen LogP) is 2.47. The summed E-state index contributed by atoms with van der Waals surface area (Å²) in [6.07, 6.45) is 16.2. The second-order valence-corrected chi connectivity index (χ2v) is 18.6. The van der Waals surface area contributed by atoms with E-state index in [2.05, 4.69) is 92.1 Å². The molecule has 0 spiro atoms. The van der Waals surface area contributed by atoms with Crippen LogP contribution in [0, 0.1) is 0 Å². The van der Waals surface area contributed by atoms with Crippen molar-refractivity contribution in [1.29, 1.82) is 0 Å². The van der Waals surface area contributed by atoms with Crippen LogP contribution in [0.15, 0.2) is 85.1 Å². The Balaban J connectivity index is 1.49. The number of carbonyl (C=O) groups excluding carboxylic acids is 1. The minimum absolute atomic E-state index is 0.207. The third-order valence-corrected chi connectivity index (χ3v) is 12.7. The van der Waals surface area contributed by atoms with Gasteiger partial charge in [0.2, 0.25) is 5.91 Å². The lowest BCUT2D eigenvalue weighted by Gasteiger charge is -2.48. The van der Waals surface area contributed by atoms with E-state index in [1.807, 2.05) is 0 Å². The van der Waals surface area contributed by atoms with E-state index in [1.165, 1.54) is 0 Å². The molecule has 3 fully saturated rings. The lowest BCUT2D eigenvalue weighted by molar-refractivity contribution is -0.379. The number of unbranched alkanes of at least 4 members (excludes halogenated alkanes) is 7. The molecule has 0 saturated carbocycles. The number of hydrogen-bond donors (Lipinski definition) is 12. The second-order valence-electron chi connectivity index (χ2n) is 18.6. The van der Waals surface area contributed by atoms with Gasteiger partial charge in [-0.05, 0) is 70.6 Å². The van der Waals surface area contributed by atoms with Gasteiger partial charge in [0, 0.05) is 6.42 Å². The molecule has 3 aliphatic heterocycles. The molecule has 0 aromatic rings. The van der Waals surface area contributed by atoms with Crippen molar-refractivity contribution in [3.8, 4) is 0 Å². The molecule has 19 nitrogen and oxygen atoms in total. The van der Waals surface area contributed by atoms with Gasteiger partial charge in [0.05, 0.1) is 38.6 Å². The Kier molecular flexibility index (Phi) is 33.2. The number of hydrogen-bond acceptors (Lipinski definition) is 18. The Morgan fingerprint density at radius 3 is 1.52 bits per heavy atom. The molecule has 0 radical (unpaired) electrons. The molecule has 17 unspecified atom stereocenters. The fourth-order valence-electron chi connectivity index (χ4n) is 8.30. The Morgan fingerprint density at radius 2 is 0.959 bits per heavy atom. The van der Waals surface area contributed by atoms with Gasteiger partial charge in [-0.3, -0.25) is 4.79 Å². The van der Waals surface area contributed by atoms with Crippen LogP contribution in [-0.2, 0) is 33.2 Å². The molecule has 3 saturated heterocycles. The molecular formula is C54H89NO18. The van der Waals surface area contributed by atoms with E-state index in [4.69, 9.17) is 28.4 Å². The van der Waals surface area contributed by atoms with Crippen molar-refractivity contribution in [1.82, 2.24) is 5.32 Å². The standard InChI is InChI=1S/C54H89NO18/c1-3-5-7-9-11-12-13-14-15-16-17-18-19-20-21-22-23-24-26-28-30-32-42(60)55-37(38(59)31-29-27-25-10-8-6-4-2)36-68-52-48(66)45(63)50(40(34-57)70-52)73-54-49(67)46(64)51(41(35-58)71-54)72-53-47(65)44(62)43(61)39(33-56)69-53/h5,7-8,10-12,14-15,17-18,20-21,29,31,37-41,43-54,56-59,61-67H,3-4,6,9,13,16,19,22-28,30,32-36H2,1-2H3,(H,55,60)/b7-5-,10-8+,12-11-,15-14-,18-17-,21-20-,31-29+. The van der Waals surface area contributed by atoms with Gasteiger partial charge in [-0.25, -0.2) is 0 Å². The van der Waals surface area contributed by atoms with Crippen LogP contribution < -0.4 is 5.32 Å². The average Bonchev–Trinajstić information content (AvgIpc) is 3.39. The summed E-state index contributed by atoms with van der Waals surface area (Å²) in [7, 11) is 0. The summed E-state index contributed by atoms with van der Waals surface area (Å²) >= 11 is 0. The van der Waals surface area contributed by atoms with Gasteiger partial charge >= 0.3 is 0 Å². The summed E-state index contributed by atoms with van der Waals surface area (Å²) in [4.78, 5) is 13.2. The SMILES string of the molecule is CC/C=C\C/C=C\C/C=C\C/C=C\C/C=C\CCCCCCCC(=O)NC(COC1OC(CO)C(OC2OC(CO)C(OC3OC(CO)C(O)C(O)C3O)C(O)C2O)C(O)C1O)C(O)/C=C/CC/C=C/CCC. The van der Waals surface area contributed by atoms with E-state index in [1.54, 1.807) is 12.2 Å². The fraction of sp³-hybridized carbons (Fsp3) is 0.722.